The van der Waals surface area contributed by atoms with Crippen molar-refractivity contribution in [2.75, 3.05) is 0 Å². The lowest BCUT2D eigenvalue weighted by Gasteiger charge is -2.37. The summed E-state index contributed by atoms with van der Waals surface area (Å²) in [6.07, 6.45) is 9.36. The molecule has 0 N–H and O–H groups in total. The summed E-state index contributed by atoms with van der Waals surface area (Å²) in [6, 6.07) is 0. The minimum absolute atomic E-state index is 0.0774. The zero-order valence-electron chi connectivity index (χ0n) is 30.4. The molecule has 0 aromatic heterocycles. The standard InChI is InChI=1S/C34H54O12/c1-27(2,3)39-43-31(13)17-19-33(15,45-41-29(7,8)9)23(21-31)25(35)37-38-26(36)24-22-32(14,44-40-28(4,5)6)18-20-34(24,16)46-42-30(10,11)12/h17-22H,1-16H3. The highest BCUT2D eigenvalue weighted by Gasteiger charge is 2.46. The third-order valence-corrected chi connectivity index (χ3v) is 5.90. The normalized spacial score (nSPS) is 28.9. The summed E-state index contributed by atoms with van der Waals surface area (Å²) in [5.41, 5.74) is -8.20. The first-order valence-corrected chi connectivity index (χ1v) is 15.3. The van der Waals surface area contributed by atoms with Crippen molar-refractivity contribution in [2.45, 2.75) is 156 Å². The van der Waals surface area contributed by atoms with Crippen LogP contribution in [-0.2, 0) is 58.5 Å². The molecule has 0 fully saturated rings. The van der Waals surface area contributed by atoms with Gasteiger partial charge >= 0.3 is 11.9 Å². The molecule has 4 unspecified atom stereocenters. The predicted molar refractivity (Wildman–Crippen MR) is 168 cm³/mol. The molecule has 2 aliphatic rings. The highest BCUT2D eigenvalue weighted by Crippen LogP contribution is 2.38. The monoisotopic (exact) mass is 654 g/mol. The Labute approximate surface area is 273 Å². The molecule has 12 heteroatoms. The Morgan fingerprint density at radius 2 is 0.717 bits per heavy atom. The van der Waals surface area contributed by atoms with E-state index in [1.807, 2.05) is 41.5 Å². The summed E-state index contributed by atoms with van der Waals surface area (Å²) in [5.74, 6) is -2.09. The Balaban J connectivity index is 2.41. The fourth-order valence-corrected chi connectivity index (χ4v) is 3.57. The molecule has 0 amide bonds. The third-order valence-electron chi connectivity index (χ3n) is 5.90. The molecule has 46 heavy (non-hydrogen) atoms. The second-order valence-electron chi connectivity index (χ2n) is 16.2. The first kappa shape index (κ1) is 39.8. The maximum Gasteiger partial charge on any atom is 0.385 e. The van der Waals surface area contributed by atoms with Crippen LogP contribution < -0.4 is 0 Å². The van der Waals surface area contributed by atoms with Crippen molar-refractivity contribution in [3.8, 4) is 0 Å². The van der Waals surface area contributed by atoms with Gasteiger partial charge in [0.15, 0.2) is 11.2 Å². The van der Waals surface area contributed by atoms with Crippen molar-refractivity contribution < 1.29 is 58.5 Å². The van der Waals surface area contributed by atoms with Gasteiger partial charge in [0.05, 0.1) is 33.6 Å². The van der Waals surface area contributed by atoms with Crippen LogP contribution in [0.4, 0.5) is 0 Å². The lowest BCUT2D eigenvalue weighted by molar-refractivity contribution is -0.390. The molecule has 12 nitrogen and oxygen atoms in total. The first-order chi connectivity index (χ1) is 20.5. The van der Waals surface area contributed by atoms with E-state index in [0.29, 0.717) is 0 Å². The average molecular weight is 655 g/mol. The van der Waals surface area contributed by atoms with Crippen molar-refractivity contribution in [1.82, 2.24) is 0 Å². The summed E-state index contributed by atoms with van der Waals surface area (Å²) in [6.45, 7) is 28.2. The van der Waals surface area contributed by atoms with Gasteiger partial charge in [0.2, 0.25) is 0 Å². The molecule has 0 spiro atoms. The summed E-state index contributed by atoms with van der Waals surface area (Å²) in [5, 5.41) is 0. The summed E-state index contributed by atoms with van der Waals surface area (Å²) in [7, 11) is 0. The van der Waals surface area contributed by atoms with Gasteiger partial charge in [-0.2, -0.15) is 0 Å². The average Bonchev–Trinajstić information content (AvgIpc) is 2.89. The minimum atomic E-state index is -1.46. The topological polar surface area (TPSA) is 126 Å². The molecule has 4 atom stereocenters. The maximum absolute atomic E-state index is 13.6. The minimum Gasteiger partial charge on any atom is -0.242 e. The van der Waals surface area contributed by atoms with Crippen LogP contribution >= 0.6 is 0 Å². The first-order valence-electron chi connectivity index (χ1n) is 15.3. The molecule has 0 aromatic rings. The van der Waals surface area contributed by atoms with E-state index in [1.54, 1.807) is 93.5 Å². The molecule has 0 radical (unpaired) electrons. The van der Waals surface area contributed by atoms with E-state index >= 15 is 0 Å². The summed E-state index contributed by atoms with van der Waals surface area (Å²) >= 11 is 0. The van der Waals surface area contributed by atoms with E-state index in [-0.39, 0.29) is 11.1 Å². The number of carbonyl (C=O) groups is 2. The molecule has 0 aliphatic heterocycles. The van der Waals surface area contributed by atoms with Crippen molar-refractivity contribution in [3.05, 3.63) is 47.6 Å². The molecule has 0 saturated heterocycles. The van der Waals surface area contributed by atoms with E-state index in [2.05, 4.69) is 0 Å². The van der Waals surface area contributed by atoms with Crippen LogP contribution in [0.25, 0.3) is 0 Å². The SMILES string of the molecule is CC(C)(C)OOC1(C)C=CC(C)(OOC(C)(C)C)C(C(=O)OOC(=O)C2=CC(C)(OOC(C)(C)C)C=CC2(C)OOC(C)(C)C)=C1. The van der Waals surface area contributed by atoms with Gasteiger partial charge < -0.3 is 0 Å². The largest absolute Gasteiger partial charge is 0.385 e. The van der Waals surface area contributed by atoms with E-state index in [4.69, 9.17) is 48.9 Å². The summed E-state index contributed by atoms with van der Waals surface area (Å²) in [4.78, 5) is 82.4. The molecule has 2 rings (SSSR count). The molecule has 2 aliphatic carbocycles. The van der Waals surface area contributed by atoms with Gasteiger partial charge in [0, 0.05) is 0 Å². The van der Waals surface area contributed by atoms with Crippen LogP contribution in [0.2, 0.25) is 0 Å². The quantitative estimate of drug-likeness (QED) is 0.137. The van der Waals surface area contributed by atoms with Crippen LogP contribution in [-0.4, -0.2) is 56.7 Å². The highest BCUT2D eigenvalue weighted by atomic mass is 17.2. The van der Waals surface area contributed by atoms with E-state index in [1.165, 1.54) is 12.2 Å². The number of hydrogen-bond acceptors (Lipinski definition) is 12. The molecule has 0 heterocycles. The van der Waals surface area contributed by atoms with Gasteiger partial charge in [-0.05, 0) is 147 Å². The van der Waals surface area contributed by atoms with Gasteiger partial charge in [-0.3, -0.25) is 0 Å². The second kappa shape index (κ2) is 13.6. The van der Waals surface area contributed by atoms with Crippen LogP contribution in [0.3, 0.4) is 0 Å². The van der Waals surface area contributed by atoms with Gasteiger partial charge in [-0.25, -0.2) is 58.5 Å². The molecular formula is C34H54O12. The second-order valence-corrected chi connectivity index (χ2v) is 16.2. The van der Waals surface area contributed by atoms with Crippen molar-refractivity contribution >= 4 is 11.9 Å². The zero-order valence-corrected chi connectivity index (χ0v) is 30.4. The van der Waals surface area contributed by atoms with Gasteiger partial charge in [-0.1, -0.05) is 0 Å². The Hall–Kier alpha value is -2.42. The predicted octanol–water partition coefficient (Wildman–Crippen LogP) is 7.00. The van der Waals surface area contributed by atoms with Crippen LogP contribution in [0, 0.1) is 0 Å². The van der Waals surface area contributed by atoms with Crippen LogP contribution in [0.5, 0.6) is 0 Å². The number of carbonyl (C=O) groups excluding carboxylic acids is 2. The number of rotatable bonds is 10. The maximum atomic E-state index is 13.6. The van der Waals surface area contributed by atoms with E-state index < -0.39 is 56.7 Å². The van der Waals surface area contributed by atoms with Crippen molar-refractivity contribution in [3.63, 3.8) is 0 Å². The van der Waals surface area contributed by atoms with E-state index in [0.717, 1.165) is 0 Å². The van der Waals surface area contributed by atoms with E-state index in [9.17, 15) is 9.59 Å². The third kappa shape index (κ3) is 12.3. The Bertz CT molecular complexity index is 1140. The van der Waals surface area contributed by atoms with Gasteiger partial charge in [0.1, 0.15) is 11.2 Å². The molecule has 0 bridgehead atoms. The smallest absolute Gasteiger partial charge is 0.242 e. The zero-order chi connectivity index (χ0) is 35.6. The molecule has 0 saturated carbocycles. The Morgan fingerprint density at radius 3 is 0.978 bits per heavy atom. The van der Waals surface area contributed by atoms with Crippen molar-refractivity contribution in [2.24, 2.45) is 0 Å². The Kier molecular flexibility index (Phi) is 11.8. The van der Waals surface area contributed by atoms with Gasteiger partial charge in [-0.15, -0.1) is 0 Å². The highest BCUT2D eigenvalue weighted by molar-refractivity contribution is 5.95. The fourth-order valence-electron chi connectivity index (χ4n) is 3.57. The van der Waals surface area contributed by atoms with Crippen LogP contribution in [0.1, 0.15) is 111 Å². The van der Waals surface area contributed by atoms with Gasteiger partial charge in [0.25, 0.3) is 0 Å². The summed E-state index contributed by atoms with van der Waals surface area (Å²) < 4.78 is 0. The molecule has 262 valence electrons. The lowest BCUT2D eigenvalue weighted by Crippen LogP contribution is -2.44. The fraction of sp³-hybridized carbons (Fsp3) is 0.706. The molecular weight excluding hydrogens is 600 g/mol. The molecule has 0 aromatic carbocycles. The van der Waals surface area contributed by atoms with Crippen molar-refractivity contribution in [1.29, 1.82) is 0 Å². The number of hydrogen-bond donors (Lipinski definition) is 0. The Morgan fingerprint density at radius 1 is 0.457 bits per heavy atom. The lowest BCUT2D eigenvalue weighted by atomic mass is 9.84. The van der Waals surface area contributed by atoms with Crippen LogP contribution in [0.15, 0.2) is 47.6 Å².